The Kier molecular flexibility index (Phi) is 5.55. The predicted octanol–water partition coefficient (Wildman–Crippen LogP) is 3.98. The van der Waals surface area contributed by atoms with Crippen molar-refractivity contribution >= 4 is 33.2 Å². The number of aliphatic hydroxyl groups excluding tert-OH is 1. The fourth-order valence-corrected chi connectivity index (χ4v) is 5.06. The lowest BCUT2D eigenvalue weighted by Gasteiger charge is -2.24. The third-order valence-corrected chi connectivity index (χ3v) is 6.98. The van der Waals surface area contributed by atoms with E-state index < -0.39 is 22.2 Å². The summed E-state index contributed by atoms with van der Waals surface area (Å²) in [7, 11) is -2.11. The van der Waals surface area contributed by atoms with Crippen LogP contribution in [0.1, 0.15) is 40.6 Å². The van der Waals surface area contributed by atoms with E-state index in [1.54, 1.807) is 23.2 Å². The number of halogens is 1. The molecule has 0 aliphatic carbocycles. The number of nitrogens with zero attached hydrogens (tertiary/aromatic N) is 2. The van der Waals surface area contributed by atoms with Gasteiger partial charge in [-0.3, -0.25) is 14.4 Å². The van der Waals surface area contributed by atoms with Crippen LogP contribution in [0, 0.1) is 6.92 Å². The van der Waals surface area contributed by atoms with Gasteiger partial charge in [0.05, 0.1) is 16.1 Å². The molecule has 9 heteroatoms. The van der Waals surface area contributed by atoms with E-state index in [1.807, 2.05) is 26.2 Å². The lowest BCUT2D eigenvalue weighted by Crippen LogP contribution is -2.28. The van der Waals surface area contributed by atoms with Crippen molar-refractivity contribution in [3.8, 4) is 0 Å². The number of carbonyl (C=O) groups excluding carboxylic acids is 1. The van der Waals surface area contributed by atoms with Crippen LogP contribution < -0.4 is 4.72 Å². The Morgan fingerprint density at radius 3 is 2.58 bits per heavy atom. The molecule has 0 saturated heterocycles. The van der Waals surface area contributed by atoms with E-state index >= 15 is 0 Å². The summed E-state index contributed by atoms with van der Waals surface area (Å²) in [5, 5.41) is 11.1. The maximum atomic E-state index is 13.4. The topological polar surface area (TPSA) is 90.0 Å². The Hall–Kier alpha value is -2.81. The van der Waals surface area contributed by atoms with Crippen molar-refractivity contribution in [3.63, 3.8) is 0 Å². The number of anilines is 1. The molecule has 0 bridgehead atoms. The van der Waals surface area contributed by atoms with E-state index in [0.717, 1.165) is 5.56 Å². The Morgan fingerprint density at radius 1 is 1.16 bits per heavy atom. The second-order valence-electron chi connectivity index (χ2n) is 7.56. The lowest BCUT2D eigenvalue weighted by atomic mass is 10.1. The molecular formula is C22H22ClN3O4S. The van der Waals surface area contributed by atoms with Crippen LogP contribution in [-0.4, -0.2) is 36.3 Å². The first-order valence-electron chi connectivity index (χ1n) is 9.72. The van der Waals surface area contributed by atoms with Crippen molar-refractivity contribution in [2.45, 2.75) is 30.9 Å². The van der Waals surface area contributed by atoms with Gasteiger partial charge in [0.25, 0.3) is 15.9 Å². The first kappa shape index (κ1) is 21.4. The smallest absolute Gasteiger partial charge is 0.263 e. The molecule has 0 fully saturated rings. The van der Waals surface area contributed by atoms with E-state index in [0.29, 0.717) is 18.5 Å². The summed E-state index contributed by atoms with van der Waals surface area (Å²) in [5.41, 5.74) is 1.86. The summed E-state index contributed by atoms with van der Waals surface area (Å²) in [6.07, 6.45) is 5.54. The van der Waals surface area contributed by atoms with Gasteiger partial charge in [0.1, 0.15) is 0 Å². The number of allylic oxidation sites excluding steroid dienone is 2. The van der Waals surface area contributed by atoms with Crippen molar-refractivity contribution in [1.82, 2.24) is 9.80 Å². The van der Waals surface area contributed by atoms with Gasteiger partial charge in [0, 0.05) is 29.5 Å². The normalized spacial score (nSPS) is 18.6. The van der Waals surface area contributed by atoms with Gasteiger partial charge in [-0.15, -0.1) is 0 Å². The number of fused-ring (bicyclic) bond motifs is 1. The zero-order valence-electron chi connectivity index (χ0n) is 17.0. The van der Waals surface area contributed by atoms with Crippen molar-refractivity contribution in [3.05, 3.63) is 82.3 Å². The average Bonchev–Trinajstić information content (AvgIpc) is 2.84. The number of rotatable bonds is 4. The van der Waals surface area contributed by atoms with Gasteiger partial charge in [-0.05, 0) is 50.2 Å². The van der Waals surface area contributed by atoms with Crippen LogP contribution in [0.5, 0.6) is 0 Å². The van der Waals surface area contributed by atoms with Crippen LogP contribution >= 0.6 is 11.6 Å². The maximum absolute atomic E-state index is 13.4. The highest BCUT2D eigenvalue weighted by atomic mass is 35.5. The minimum atomic E-state index is -3.94. The average molecular weight is 460 g/mol. The highest BCUT2D eigenvalue weighted by Gasteiger charge is 2.41. The number of hydrogen-bond donors (Lipinski definition) is 2. The van der Waals surface area contributed by atoms with Crippen LogP contribution in [-0.2, 0) is 10.0 Å². The summed E-state index contributed by atoms with van der Waals surface area (Å²) >= 11 is 6.31. The zero-order valence-corrected chi connectivity index (χ0v) is 18.6. The Labute approximate surface area is 186 Å². The monoisotopic (exact) mass is 459 g/mol. The molecule has 2 aliphatic rings. The Balaban J connectivity index is 1.74. The summed E-state index contributed by atoms with van der Waals surface area (Å²) in [5.74, 6) is -0.506. The van der Waals surface area contributed by atoms with Crippen molar-refractivity contribution in [2.75, 3.05) is 11.8 Å². The van der Waals surface area contributed by atoms with Crippen molar-refractivity contribution in [1.29, 1.82) is 0 Å². The number of aryl methyl sites for hydroxylation is 1. The standard InChI is InChI=1S/C22H22ClN3O4S/c1-14-6-8-16(9-7-14)31(29,30)24-18-11-10-17(23)19-20(18)22(28)26(21(19)27)15-5-3-4-12-25(2)13-15/h4,6-13,21,24,27H,3,5H2,1-2H3. The number of nitrogens with one attached hydrogen (secondary N) is 1. The molecule has 0 saturated carbocycles. The summed E-state index contributed by atoms with van der Waals surface area (Å²) in [6.45, 7) is 1.86. The molecule has 162 valence electrons. The third-order valence-electron chi connectivity index (χ3n) is 5.27. The molecule has 2 aromatic rings. The molecule has 1 unspecified atom stereocenters. The lowest BCUT2D eigenvalue weighted by molar-refractivity contribution is 0.0319. The largest absolute Gasteiger partial charge is 0.369 e. The second-order valence-corrected chi connectivity index (χ2v) is 9.65. The van der Waals surface area contributed by atoms with Crippen LogP contribution in [0.25, 0.3) is 0 Å². The number of carbonyl (C=O) groups is 1. The van der Waals surface area contributed by atoms with Gasteiger partial charge in [-0.25, -0.2) is 8.42 Å². The molecule has 2 heterocycles. The summed E-state index contributed by atoms with van der Waals surface area (Å²) in [4.78, 5) is 16.5. The van der Waals surface area contributed by atoms with Gasteiger partial charge in [-0.1, -0.05) is 35.4 Å². The second kappa shape index (κ2) is 8.03. The van der Waals surface area contributed by atoms with Gasteiger partial charge in [0.15, 0.2) is 6.23 Å². The molecule has 31 heavy (non-hydrogen) atoms. The first-order valence-corrected chi connectivity index (χ1v) is 11.6. The van der Waals surface area contributed by atoms with E-state index in [1.165, 1.54) is 29.2 Å². The van der Waals surface area contributed by atoms with Gasteiger partial charge < -0.3 is 10.0 Å². The highest BCUT2D eigenvalue weighted by molar-refractivity contribution is 7.92. The van der Waals surface area contributed by atoms with Gasteiger partial charge in [-0.2, -0.15) is 0 Å². The fourth-order valence-electron chi connectivity index (χ4n) is 3.73. The minimum Gasteiger partial charge on any atom is -0.369 e. The van der Waals surface area contributed by atoms with Crippen LogP contribution in [0.3, 0.4) is 0 Å². The van der Waals surface area contributed by atoms with Crippen LogP contribution in [0.4, 0.5) is 5.69 Å². The molecule has 2 aliphatic heterocycles. The highest BCUT2D eigenvalue weighted by Crippen LogP contribution is 2.43. The minimum absolute atomic E-state index is 0.0523. The zero-order chi connectivity index (χ0) is 22.3. The molecule has 0 aromatic heterocycles. The van der Waals surface area contributed by atoms with Crippen LogP contribution in [0.15, 0.2) is 65.5 Å². The molecule has 2 aromatic carbocycles. The molecular weight excluding hydrogens is 438 g/mol. The number of sulfonamides is 1. The molecule has 7 nitrogen and oxygen atoms in total. The maximum Gasteiger partial charge on any atom is 0.263 e. The van der Waals surface area contributed by atoms with Gasteiger partial charge >= 0.3 is 0 Å². The SMILES string of the molecule is Cc1ccc(S(=O)(=O)Nc2ccc(Cl)c3c2C(=O)N(C2=CN(C)C=CCC2)C3O)cc1. The van der Waals surface area contributed by atoms with E-state index in [9.17, 15) is 18.3 Å². The number of benzene rings is 2. The summed E-state index contributed by atoms with van der Waals surface area (Å²) in [6, 6.07) is 9.30. The number of aliphatic hydroxyl groups is 1. The molecule has 1 atom stereocenters. The molecule has 4 rings (SSSR count). The van der Waals surface area contributed by atoms with E-state index in [-0.39, 0.29) is 26.7 Å². The predicted molar refractivity (Wildman–Crippen MR) is 119 cm³/mol. The van der Waals surface area contributed by atoms with E-state index in [2.05, 4.69) is 4.72 Å². The molecule has 0 radical (unpaired) electrons. The van der Waals surface area contributed by atoms with E-state index in [4.69, 9.17) is 11.6 Å². The quantitative estimate of drug-likeness (QED) is 0.721. The van der Waals surface area contributed by atoms with Gasteiger partial charge in [0.2, 0.25) is 0 Å². The fraction of sp³-hybridized carbons (Fsp3) is 0.227. The number of hydrogen-bond acceptors (Lipinski definition) is 5. The molecule has 2 N–H and O–H groups in total. The summed E-state index contributed by atoms with van der Waals surface area (Å²) < 4.78 is 28.3. The third kappa shape index (κ3) is 3.94. The van der Waals surface area contributed by atoms with Crippen molar-refractivity contribution < 1.29 is 18.3 Å². The Morgan fingerprint density at radius 2 is 1.87 bits per heavy atom. The number of amides is 1. The Bertz CT molecular complexity index is 1210. The molecule has 0 spiro atoms. The molecule has 1 amide bonds. The van der Waals surface area contributed by atoms with Crippen LogP contribution in [0.2, 0.25) is 5.02 Å². The first-order chi connectivity index (χ1) is 14.7. The van der Waals surface area contributed by atoms with Crippen molar-refractivity contribution in [2.24, 2.45) is 0 Å².